The largest absolute Gasteiger partial charge is 0.477 e. The number of nitrogens with zero attached hydrogens (tertiary/aromatic N) is 1. The molecule has 1 saturated heterocycles. The SMILES string of the molecule is CC1CC(n2cc(Cl)cc2C(=O)O)CS1. The predicted molar refractivity (Wildman–Crippen MR) is 62.0 cm³/mol. The van der Waals surface area contributed by atoms with Crippen LogP contribution in [0.15, 0.2) is 12.3 Å². The lowest BCUT2D eigenvalue weighted by molar-refractivity contribution is 0.0683. The summed E-state index contributed by atoms with van der Waals surface area (Å²) in [5, 5.41) is 10.1. The summed E-state index contributed by atoms with van der Waals surface area (Å²) in [4.78, 5) is 11.0. The molecule has 1 aliphatic heterocycles. The smallest absolute Gasteiger partial charge is 0.352 e. The molecule has 0 amide bonds. The Morgan fingerprint density at radius 3 is 3.00 bits per heavy atom. The second kappa shape index (κ2) is 4.10. The third-order valence-corrected chi connectivity index (χ3v) is 4.15. The molecule has 1 aromatic rings. The maximum Gasteiger partial charge on any atom is 0.352 e. The Balaban J connectivity index is 2.30. The van der Waals surface area contributed by atoms with Crippen LogP contribution in [0.2, 0.25) is 5.02 Å². The summed E-state index contributed by atoms with van der Waals surface area (Å²) in [5.74, 6) is 0.0540. The molecule has 3 nitrogen and oxygen atoms in total. The Morgan fingerprint density at radius 2 is 2.47 bits per heavy atom. The molecule has 2 unspecified atom stereocenters. The fraction of sp³-hybridized carbons (Fsp3) is 0.500. The lowest BCUT2D eigenvalue weighted by atomic mass is 10.2. The summed E-state index contributed by atoms with van der Waals surface area (Å²) in [5.41, 5.74) is 0.291. The molecule has 82 valence electrons. The normalized spacial score (nSPS) is 25.7. The number of aromatic nitrogens is 1. The van der Waals surface area contributed by atoms with Crippen LogP contribution in [0, 0.1) is 0 Å². The van der Waals surface area contributed by atoms with Crippen molar-refractivity contribution >= 4 is 29.3 Å². The Bertz CT molecular complexity index is 391. The van der Waals surface area contributed by atoms with Gasteiger partial charge in [0.15, 0.2) is 0 Å². The molecule has 0 bridgehead atoms. The summed E-state index contributed by atoms with van der Waals surface area (Å²) in [6.07, 6.45) is 2.73. The molecule has 0 spiro atoms. The molecule has 0 saturated carbocycles. The van der Waals surface area contributed by atoms with Crippen LogP contribution in [0.3, 0.4) is 0 Å². The topological polar surface area (TPSA) is 42.2 Å². The van der Waals surface area contributed by atoms with E-state index in [1.807, 2.05) is 11.8 Å². The summed E-state index contributed by atoms with van der Waals surface area (Å²) in [6.45, 7) is 2.16. The third kappa shape index (κ3) is 2.16. The minimum Gasteiger partial charge on any atom is -0.477 e. The molecule has 1 aromatic heterocycles. The van der Waals surface area contributed by atoms with Crippen molar-refractivity contribution < 1.29 is 9.90 Å². The van der Waals surface area contributed by atoms with E-state index in [1.165, 1.54) is 6.07 Å². The van der Waals surface area contributed by atoms with Gasteiger partial charge in [0, 0.05) is 23.2 Å². The first-order valence-electron chi connectivity index (χ1n) is 4.80. The van der Waals surface area contributed by atoms with Gasteiger partial charge in [0.05, 0.1) is 5.02 Å². The zero-order valence-corrected chi connectivity index (χ0v) is 9.88. The molecular weight excluding hydrogens is 234 g/mol. The zero-order valence-electron chi connectivity index (χ0n) is 8.31. The highest BCUT2D eigenvalue weighted by atomic mass is 35.5. The van der Waals surface area contributed by atoms with Crippen LogP contribution < -0.4 is 0 Å². The lowest BCUT2D eigenvalue weighted by Crippen LogP contribution is -2.14. The molecule has 1 fully saturated rings. The first-order valence-corrected chi connectivity index (χ1v) is 6.23. The van der Waals surface area contributed by atoms with E-state index in [0.717, 1.165) is 12.2 Å². The highest BCUT2D eigenvalue weighted by Crippen LogP contribution is 2.36. The van der Waals surface area contributed by atoms with E-state index in [1.54, 1.807) is 10.8 Å². The van der Waals surface area contributed by atoms with Gasteiger partial charge in [0.1, 0.15) is 5.69 Å². The van der Waals surface area contributed by atoms with Crippen molar-refractivity contribution in [3.8, 4) is 0 Å². The molecule has 5 heteroatoms. The van der Waals surface area contributed by atoms with Gasteiger partial charge in [-0.1, -0.05) is 18.5 Å². The Morgan fingerprint density at radius 1 is 1.73 bits per heavy atom. The van der Waals surface area contributed by atoms with Crippen molar-refractivity contribution in [2.24, 2.45) is 0 Å². The minimum atomic E-state index is -0.911. The van der Waals surface area contributed by atoms with Gasteiger partial charge in [-0.3, -0.25) is 0 Å². The van der Waals surface area contributed by atoms with E-state index in [2.05, 4.69) is 6.92 Å². The van der Waals surface area contributed by atoms with Gasteiger partial charge >= 0.3 is 5.97 Å². The van der Waals surface area contributed by atoms with Gasteiger partial charge in [-0.15, -0.1) is 0 Å². The van der Waals surface area contributed by atoms with Gasteiger partial charge in [-0.25, -0.2) is 4.79 Å². The number of hydrogen-bond acceptors (Lipinski definition) is 2. The van der Waals surface area contributed by atoms with E-state index in [4.69, 9.17) is 16.7 Å². The first-order chi connectivity index (χ1) is 7.08. The van der Waals surface area contributed by atoms with Gasteiger partial charge in [0.2, 0.25) is 0 Å². The van der Waals surface area contributed by atoms with Crippen LogP contribution in [0.4, 0.5) is 0 Å². The van der Waals surface area contributed by atoms with Crippen molar-refractivity contribution in [1.29, 1.82) is 0 Å². The highest BCUT2D eigenvalue weighted by molar-refractivity contribution is 8.00. The first kappa shape index (κ1) is 10.9. The van der Waals surface area contributed by atoms with Crippen LogP contribution in [-0.2, 0) is 0 Å². The standard InChI is InChI=1S/C10H12ClNO2S/c1-6-2-8(5-15-6)12-4-7(11)3-9(12)10(13)14/h3-4,6,8H,2,5H2,1H3,(H,13,14). The molecule has 0 radical (unpaired) electrons. The van der Waals surface area contributed by atoms with E-state index in [0.29, 0.717) is 16.0 Å². The molecule has 15 heavy (non-hydrogen) atoms. The van der Waals surface area contributed by atoms with Crippen molar-refractivity contribution in [3.63, 3.8) is 0 Å². The fourth-order valence-electron chi connectivity index (χ4n) is 1.91. The van der Waals surface area contributed by atoms with E-state index < -0.39 is 5.97 Å². The van der Waals surface area contributed by atoms with Crippen LogP contribution in [0.5, 0.6) is 0 Å². The maximum absolute atomic E-state index is 11.0. The minimum absolute atomic E-state index is 0.267. The number of carboxylic acid groups (broad SMARTS) is 1. The fourth-order valence-corrected chi connectivity index (χ4v) is 3.32. The Kier molecular flexibility index (Phi) is 2.98. The number of aromatic carboxylic acids is 1. The second-order valence-electron chi connectivity index (χ2n) is 3.79. The maximum atomic E-state index is 11.0. The summed E-state index contributed by atoms with van der Waals surface area (Å²) in [7, 11) is 0. The molecule has 0 aliphatic carbocycles. The molecule has 2 heterocycles. The summed E-state index contributed by atoms with van der Waals surface area (Å²) in [6, 6.07) is 1.78. The number of rotatable bonds is 2. The third-order valence-electron chi connectivity index (χ3n) is 2.60. The molecular formula is C10H12ClNO2S. The van der Waals surface area contributed by atoms with Crippen LogP contribution in [0.1, 0.15) is 29.9 Å². The van der Waals surface area contributed by atoms with E-state index in [-0.39, 0.29) is 6.04 Å². The monoisotopic (exact) mass is 245 g/mol. The quantitative estimate of drug-likeness (QED) is 0.871. The van der Waals surface area contributed by atoms with Crippen molar-refractivity contribution in [3.05, 3.63) is 23.0 Å². The number of carboxylic acids is 1. The highest BCUT2D eigenvalue weighted by Gasteiger charge is 2.26. The Hall–Kier alpha value is -0.610. The molecule has 1 aliphatic rings. The summed E-state index contributed by atoms with van der Waals surface area (Å²) >= 11 is 7.71. The Labute approximate surface area is 97.4 Å². The lowest BCUT2D eigenvalue weighted by Gasteiger charge is -2.13. The number of hydrogen-bond donors (Lipinski definition) is 1. The van der Waals surface area contributed by atoms with Gasteiger partial charge in [-0.05, 0) is 12.5 Å². The zero-order chi connectivity index (χ0) is 11.0. The molecule has 2 atom stereocenters. The average molecular weight is 246 g/mol. The number of halogens is 1. The van der Waals surface area contributed by atoms with E-state index in [9.17, 15) is 4.79 Å². The summed E-state index contributed by atoms with van der Waals surface area (Å²) < 4.78 is 1.79. The van der Waals surface area contributed by atoms with Gasteiger partial charge in [-0.2, -0.15) is 11.8 Å². The molecule has 2 rings (SSSR count). The molecule has 0 aromatic carbocycles. The molecule has 1 N–H and O–H groups in total. The van der Waals surface area contributed by atoms with Crippen LogP contribution in [-0.4, -0.2) is 26.6 Å². The van der Waals surface area contributed by atoms with Crippen molar-refractivity contribution in [2.45, 2.75) is 24.6 Å². The average Bonchev–Trinajstić information content (AvgIpc) is 2.71. The van der Waals surface area contributed by atoms with Gasteiger partial charge in [0.25, 0.3) is 0 Å². The number of thioether (sulfide) groups is 1. The van der Waals surface area contributed by atoms with Crippen LogP contribution >= 0.6 is 23.4 Å². The van der Waals surface area contributed by atoms with Crippen LogP contribution in [0.25, 0.3) is 0 Å². The van der Waals surface area contributed by atoms with Crippen molar-refractivity contribution in [2.75, 3.05) is 5.75 Å². The number of carbonyl (C=O) groups is 1. The van der Waals surface area contributed by atoms with E-state index >= 15 is 0 Å². The van der Waals surface area contributed by atoms with Gasteiger partial charge < -0.3 is 9.67 Å². The van der Waals surface area contributed by atoms with Crippen molar-refractivity contribution in [1.82, 2.24) is 4.57 Å². The second-order valence-corrected chi connectivity index (χ2v) is 5.70. The predicted octanol–water partition coefficient (Wildman–Crippen LogP) is 2.91.